The Morgan fingerprint density at radius 1 is 0.484 bits per heavy atom. The maximum absolute atomic E-state index is 13.2. The molecule has 3 N–H and O–H groups in total. The molecule has 0 fully saturated rings. The molecule has 0 aliphatic heterocycles. The summed E-state index contributed by atoms with van der Waals surface area (Å²) in [6.45, 7) is 6.33. The average molecular weight is 892 g/mol. The fraction of sp³-hybridized carbons (Fsp3) is 0.724. The predicted molar refractivity (Wildman–Crippen MR) is 278 cm³/mol. The number of unbranched alkanes of at least 4 members (excludes halogenated alkanes) is 22. The fourth-order valence-electron chi connectivity index (χ4n) is 7.69. The van der Waals surface area contributed by atoms with E-state index in [9.17, 15) is 19.8 Å². The van der Waals surface area contributed by atoms with E-state index in [-0.39, 0.29) is 24.9 Å². The highest BCUT2D eigenvalue weighted by Gasteiger charge is 2.24. The van der Waals surface area contributed by atoms with Crippen LogP contribution in [0.4, 0.5) is 0 Å². The lowest BCUT2D eigenvalue weighted by molar-refractivity contribution is -0.151. The van der Waals surface area contributed by atoms with Crippen LogP contribution in [0.25, 0.3) is 0 Å². The minimum Gasteiger partial charge on any atom is -0.462 e. The Hall–Kier alpha value is -2.96. The molecule has 6 heteroatoms. The van der Waals surface area contributed by atoms with Gasteiger partial charge in [-0.2, -0.15) is 0 Å². The topological polar surface area (TPSA) is 95.9 Å². The Bertz CT molecular complexity index is 1230. The molecule has 368 valence electrons. The van der Waals surface area contributed by atoms with Gasteiger partial charge in [0.25, 0.3) is 0 Å². The Morgan fingerprint density at radius 3 is 1.39 bits per heavy atom. The van der Waals surface area contributed by atoms with Gasteiger partial charge in [0.15, 0.2) is 0 Å². The SMILES string of the molecule is CC/C=C\C/C=C\C/C=C\C/C=C\C/C=C\CCCC(CC(=O)NC(CO)C(O)CCCCCCCCCCCC)OC(=O)CCCCCCC/C=C/C=C/CCCCCCCCC. The zero-order chi connectivity index (χ0) is 46.7. The monoisotopic (exact) mass is 892 g/mol. The number of hydrogen-bond donors (Lipinski definition) is 3. The number of aliphatic hydroxyl groups excluding tert-OH is 2. The Balaban J connectivity index is 4.71. The molecule has 1 amide bonds. The molecule has 0 aromatic carbocycles. The highest BCUT2D eigenvalue weighted by molar-refractivity contribution is 5.77. The first kappa shape index (κ1) is 61.0. The maximum atomic E-state index is 13.2. The lowest BCUT2D eigenvalue weighted by Gasteiger charge is -2.24. The van der Waals surface area contributed by atoms with E-state index in [1.54, 1.807) is 0 Å². The van der Waals surface area contributed by atoms with E-state index >= 15 is 0 Å². The largest absolute Gasteiger partial charge is 0.462 e. The van der Waals surface area contributed by atoms with Gasteiger partial charge in [0.1, 0.15) is 6.10 Å². The number of allylic oxidation sites excluding steroid dienone is 14. The number of aliphatic hydroxyl groups is 2. The fourth-order valence-corrected chi connectivity index (χ4v) is 7.69. The summed E-state index contributed by atoms with van der Waals surface area (Å²) in [6.07, 6.45) is 66.5. The lowest BCUT2D eigenvalue weighted by Crippen LogP contribution is -2.46. The molecule has 0 heterocycles. The number of rotatable bonds is 47. The number of hydrogen-bond acceptors (Lipinski definition) is 5. The number of esters is 1. The molecule has 0 radical (unpaired) electrons. The minimum atomic E-state index is -0.809. The minimum absolute atomic E-state index is 0.0285. The summed E-state index contributed by atoms with van der Waals surface area (Å²) in [5.74, 6) is -0.551. The summed E-state index contributed by atoms with van der Waals surface area (Å²) in [4.78, 5) is 26.2. The van der Waals surface area contributed by atoms with Gasteiger partial charge in [-0.25, -0.2) is 0 Å². The zero-order valence-electron chi connectivity index (χ0n) is 41.9. The van der Waals surface area contributed by atoms with E-state index < -0.39 is 18.2 Å². The van der Waals surface area contributed by atoms with Gasteiger partial charge in [0, 0.05) is 6.42 Å². The Labute approximate surface area is 395 Å². The molecule has 3 unspecified atom stereocenters. The van der Waals surface area contributed by atoms with Crippen molar-refractivity contribution in [3.05, 3.63) is 85.1 Å². The van der Waals surface area contributed by atoms with E-state index in [1.807, 2.05) is 0 Å². The molecule has 3 atom stereocenters. The molecule has 0 aliphatic carbocycles. The van der Waals surface area contributed by atoms with Crippen molar-refractivity contribution in [2.24, 2.45) is 0 Å². The second kappa shape index (κ2) is 51.0. The van der Waals surface area contributed by atoms with Crippen molar-refractivity contribution in [1.82, 2.24) is 5.32 Å². The zero-order valence-corrected chi connectivity index (χ0v) is 41.9. The molecule has 6 nitrogen and oxygen atoms in total. The van der Waals surface area contributed by atoms with Crippen LogP contribution in [0, 0.1) is 0 Å². The van der Waals surface area contributed by atoms with E-state index in [0.29, 0.717) is 19.3 Å². The molecular weight excluding hydrogens is 791 g/mol. The molecule has 0 rings (SSSR count). The molecule has 64 heavy (non-hydrogen) atoms. The van der Waals surface area contributed by atoms with Gasteiger partial charge < -0.3 is 20.3 Å². The second-order valence-electron chi connectivity index (χ2n) is 17.9. The van der Waals surface area contributed by atoms with Gasteiger partial charge in [0.05, 0.1) is 25.2 Å². The summed E-state index contributed by atoms with van der Waals surface area (Å²) in [7, 11) is 0. The number of ether oxygens (including phenoxy) is 1. The molecule has 0 aromatic heterocycles. The van der Waals surface area contributed by atoms with Crippen molar-refractivity contribution in [1.29, 1.82) is 0 Å². The van der Waals surface area contributed by atoms with E-state index in [0.717, 1.165) is 103 Å². The smallest absolute Gasteiger partial charge is 0.306 e. The molecule has 0 aromatic rings. The third-order valence-corrected chi connectivity index (χ3v) is 11.7. The standard InChI is InChI=1S/C58H101NO5/c1-4-7-10-13-16-19-22-24-26-28-30-32-34-36-39-42-45-48-51-58(63)64-54(49-46-43-40-37-35-33-31-29-27-25-23-20-17-14-11-8-5-2)52-57(62)59-55(53-60)56(61)50-47-44-41-38-21-18-15-12-9-6-3/h8,11,17,20,25-28,30-33,37,40,54-56,60-61H,4-7,9-10,12-16,18-19,21-24,29,34-36,38-39,41-53H2,1-3H3,(H,59,62)/b11-8-,20-17-,27-25-,28-26+,32-30+,33-31-,40-37-. The third-order valence-electron chi connectivity index (χ3n) is 11.7. The summed E-state index contributed by atoms with van der Waals surface area (Å²) in [6, 6.07) is -0.726. The number of amides is 1. The highest BCUT2D eigenvalue weighted by atomic mass is 16.5. The molecule has 0 saturated carbocycles. The van der Waals surface area contributed by atoms with Gasteiger partial charge in [-0.05, 0) is 89.9 Å². The van der Waals surface area contributed by atoms with Crippen LogP contribution in [0.15, 0.2) is 85.1 Å². The first-order valence-corrected chi connectivity index (χ1v) is 26.8. The quantitative estimate of drug-likeness (QED) is 0.0245. The summed E-state index contributed by atoms with van der Waals surface area (Å²) in [5, 5.41) is 23.7. The lowest BCUT2D eigenvalue weighted by atomic mass is 10.0. The summed E-state index contributed by atoms with van der Waals surface area (Å²) < 4.78 is 5.91. The number of carbonyl (C=O) groups excluding carboxylic acids is 2. The van der Waals surface area contributed by atoms with Crippen molar-refractivity contribution in [2.45, 2.75) is 264 Å². The van der Waals surface area contributed by atoms with Crippen LogP contribution in [0.1, 0.15) is 245 Å². The molecule has 0 spiro atoms. The normalized spacial score (nSPS) is 13.9. The van der Waals surface area contributed by atoms with E-state index in [1.165, 1.54) is 96.3 Å². The number of carbonyl (C=O) groups is 2. The van der Waals surface area contributed by atoms with Gasteiger partial charge in [-0.3, -0.25) is 9.59 Å². The van der Waals surface area contributed by atoms with Crippen molar-refractivity contribution >= 4 is 11.9 Å². The van der Waals surface area contributed by atoms with Crippen LogP contribution in [-0.2, 0) is 14.3 Å². The van der Waals surface area contributed by atoms with Crippen LogP contribution < -0.4 is 5.32 Å². The van der Waals surface area contributed by atoms with Crippen LogP contribution >= 0.6 is 0 Å². The first-order valence-electron chi connectivity index (χ1n) is 26.8. The molecule has 0 aliphatic rings. The predicted octanol–water partition coefficient (Wildman–Crippen LogP) is 16.3. The highest BCUT2D eigenvalue weighted by Crippen LogP contribution is 2.16. The van der Waals surface area contributed by atoms with Gasteiger partial charge in [-0.15, -0.1) is 0 Å². The summed E-state index contributed by atoms with van der Waals surface area (Å²) in [5.41, 5.74) is 0. The van der Waals surface area contributed by atoms with Crippen LogP contribution in [0.5, 0.6) is 0 Å². The van der Waals surface area contributed by atoms with Crippen molar-refractivity contribution < 1.29 is 24.5 Å². The first-order chi connectivity index (χ1) is 31.5. The van der Waals surface area contributed by atoms with Gasteiger partial charge in [0.2, 0.25) is 5.91 Å². The average Bonchev–Trinajstić information content (AvgIpc) is 3.29. The van der Waals surface area contributed by atoms with E-state index in [2.05, 4.69) is 111 Å². The Kier molecular flexibility index (Phi) is 48.7. The van der Waals surface area contributed by atoms with Gasteiger partial charge >= 0.3 is 5.97 Å². The molecular formula is C58H101NO5. The third kappa shape index (κ3) is 45.6. The number of nitrogens with one attached hydrogen (secondary N) is 1. The maximum Gasteiger partial charge on any atom is 0.306 e. The summed E-state index contributed by atoms with van der Waals surface area (Å²) >= 11 is 0. The van der Waals surface area contributed by atoms with Crippen LogP contribution in [-0.4, -0.2) is 46.9 Å². The van der Waals surface area contributed by atoms with Gasteiger partial charge in [-0.1, -0.05) is 228 Å². The van der Waals surface area contributed by atoms with E-state index in [4.69, 9.17) is 4.74 Å². The molecule has 0 bridgehead atoms. The second-order valence-corrected chi connectivity index (χ2v) is 17.9. The van der Waals surface area contributed by atoms with Crippen molar-refractivity contribution in [3.8, 4) is 0 Å². The van der Waals surface area contributed by atoms with Crippen LogP contribution in [0.2, 0.25) is 0 Å². The van der Waals surface area contributed by atoms with Crippen molar-refractivity contribution in [2.75, 3.05) is 6.61 Å². The molecule has 0 saturated heterocycles. The Morgan fingerprint density at radius 2 is 0.906 bits per heavy atom. The van der Waals surface area contributed by atoms with Crippen molar-refractivity contribution in [3.63, 3.8) is 0 Å². The van der Waals surface area contributed by atoms with Crippen LogP contribution in [0.3, 0.4) is 0 Å².